The zero-order valence-corrected chi connectivity index (χ0v) is 19.6. The molecule has 176 valence electrons. The normalized spacial score (nSPS) is 19.7. The molecule has 1 fully saturated rings. The summed E-state index contributed by atoms with van der Waals surface area (Å²) in [6, 6.07) is 19.1. The highest BCUT2D eigenvalue weighted by molar-refractivity contribution is 6.03. The molecular formula is C27H31N5O2. The van der Waals surface area contributed by atoms with Gasteiger partial charge in [-0.3, -0.25) is 4.90 Å². The van der Waals surface area contributed by atoms with Crippen molar-refractivity contribution in [2.45, 2.75) is 25.7 Å². The van der Waals surface area contributed by atoms with Crippen LogP contribution in [0.4, 0.5) is 5.95 Å². The Morgan fingerprint density at radius 3 is 2.62 bits per heavy atom. The molecular weight excluding hydrogens is 426 g/mol. The van der Waals surface area contributed by atoms with Crippen molar-refractivity contribution >= 4 is 11.7 Å². The van der Waals surface area contributed by atoms with Gasteiger partial charge in [-0.15, -0.1) is 0 Å². The second-order valence-electron chi connectivity index (χ2n) is 8.87. The van der Waals surface area contributed by atoms with Crippen molar-refractivity contribution in [1.82, 2.24) is 14.9 Å². The molecule has 0 radical (unpaired) electrons. The Kier molecular flexibility index (Phi) is 6.83. The summed E-state index contributed by atoms with van der Waals surface area (Å²) in [6.45, 7) is 6.78. The van der Waals surface area contributed by atoms with Crippen LogP contribution < -0.4 is 5.73 Å². The van der Waals surface area contributed by atoms with E-state index in [1.54, 1.807) is 0 Å². The van der Waals surface area contributed by atoms with Crippen LogP contribution in [0.3, 0.4) is 0 Å². The average Bonchev–Trinajstić information content (AvgIpc) is 2.87. The SMILES string of the molecule is Cc1nc(N)nc2c1C(=NOCCN1CCOCC1)CC(c1ccccc1-c1ccccc1)C2. The van der Waals surface area contributed by atoms with Crippen LogP contribution in [0.1, 0.15) is 34.9 Å². The highest BCUT2D eigenvalue weighted by Gasteiger charge is 2.30. The number of morpholine rings is 1. The van der Waals surface area contributed by atoms with Crippen molar-refractivity contribution in [2.24, 2.45) is 5.16 Å². The van der Waals surface area contributed by atoms with E-state index < -0.39 is 0 Å². The van der Waals surface area contributed by atoms with Crippen molar-refractivity contribution in [3.63, 3.8) is 0 Å². The second-order valence-corrected chi connectivity index (χ2v) is 8.87. The number of aryl methyl sites for hydroxylation is 1. The van der Waals surface area contributed by atoms with Crippen LogP contribution in [-0.4, -0.2) is 60.0 Å². The molecule has 2 N–H and O–H groups in total. The highest BCUT2D eigenvalue weighted by Crippen LogP contribution is 2.38. The van der Waals surface area contributed by atoms with Crippen molar-refractivity contribution in [3.05, 3.63) is 77.1 Å². The lowest BCUT2D eigenvalue weighted by atomic mass is 9.78. The molecule has 1 aromatic heterocycles. The Morgan fingerprint density at radius 2 is 1.79 bits per heavy atom. The van der Waals surface area contributed by atoms with Gasteiger partial charge in [0.15, 0.2) is 0 Å². The van der Waals surface area contributed by atoms with Gasteiger partial charge in [-0.1, -0.05) is 59.8 Å². The number of hydrogen-bond donors (Lipinski definition) is 1. The van der Waals surface area contributed by atoms with Gasteiger partial charge in [-0.2, -0.15) is 0 Å². The molecule has 34 heavy (non-hydrogen) atoms. The molecule has 0 bridgehead atoms. The number of oxime groups is 1. The maximum Gasteiger partial charge on any atom is 0.220 e. The van der Waals surface area contributed by atoms with Crippen molar-refractivity contribution < 1.29 is 9.57 Å². The molecule has 2 aliphatic rings. The van der Waals surface area contributed by atoms with E-state index in [0.29, 0.717) is 12.6 Å². The summed E-state index contributed by atoms with van der Waals surface area (Å²) in [7, 11) is 0. The highest BCUT2D eigenvalue weighted by atomic mass is 16.6. The molecule has 0 spiro atoms. The minimum Gasteiger partial charge on any atom is -0.394 e. The molecule has 1 aliphatic heterocycles. The number of benzene rings is 2. The van der Waals surface area contributed by atoms with Crippen LogP contribution >= 0.6 is 0 Å². The molecule has 2 aromatic carbocycles. The predicted molar refractivity (Wildman–Crippen MR) is 134 cm³/mol. The minimum atomic E-state index is 0.221. The van der Waals surface area contributed by atoms with Gasteiger partial charge >= 0.3 is 0 Å². The quantitative estimate of drug-likeness (QED) is 0.447. The number of nitrogens with two attached hydrogens (primary N) is 1. The molecule has 3 aromatic rings. The molecule has 1 atom stereocenters. The summed E-state index contributed by atoms with van der Waals surface area (Å²) in [5.41, 5.74) is 13.4. The first-order valence-corrected chi connectivity index (χ1v) is 12.0. The van der Waals surface area contributed by atoms with E-state index >= 15 is 0 Å². The number of hydrogen-bond acceptors (Lipinski definition) is 7. The Balaban J connectivity index is 1.43. The Bertz CT molecular complexity index is 1160. The van der Waals surface area contributed by atoms with E-state index in [0.717, 1.165) is 68.4 Å². The first-order chi connectivity index (χ1) is 16.7. The molecule has 1 aliphatic carbocycles. The van der Waals surface area contributed by atoms with Crippen LogP contribution in [0.15, 0.2) is 59.8 Å². The number of nitrogens with zero attached hydrogens (tertiary/aromatic N) is 4. The molecule has 7 nitrogen and oxygen atoms in total. The summed E-state index contributed by atoms with van der Waals surface area (Å²) in [5.74, 6) is 0.528. The standard InChI is InChI=1S/C27H31N5O2/c1-19-26-24(30-27(28)29-19)17-21(18-25(26)31-34-16-13-32-11-14-33-15-12-32)23-10-6-5-9-22(23)20-7-3-2-4-8-20/h2-10,21H,11-18H2,1H3,(H2,28,29,30). The summed E-state index contributed by atoms with van der Waals surface area (Å²) in [6.07, 6.45) is 1.56. The molecule has 1 unspecified atom stereocenters. The van der Waals surface area contributed by atoms with Gasteiger partial charge in [-0.05, 0) is 36.0 Å². The topological polar surface area (TPSA) is 85.9 Å². The third-order valence-corrected chi connectivity index (χ3v) is 6.61. The lowest BCUT2D eigenvalue weighted by Gasteiger charge is -2.28. The maximum absolute atomic E-state index is 6.03. The van der Waals surface area contributed by atoms with E-state index in [2.05, 4.69) is 68.6 Å². The molecule has 0 saturated carbocycles. The van der Waals surface area contributed by atoms with Crippen LogP contribution in [0.2, 0.25) is 0 Å². The zero-order valence-electron chi connectivity index (χ0n) is 19.6. The van der Waals surface area contributed by atoms with Crippen molar-refractivity contribution in [3.8, 4) is 11.1 Å². The third kappa shape index (κ3) is 4.95. The van der Waals surface area contributed by atoms with E-state index in [1.807, 2.05) is 13.0 Å². The van der Waals surface area contributed by atoms with Gasteiger partial charge < -0.3 is 15.3 Å². The predicted octanol–water partition coefficient (Wildman–Crippen LogP) is 3.82. The number of rotatable bonds is 6. The fourth-order valence-electron chi connectivity index (χ4n) is 4.97. The first kappa shape index (κ1) is 22.5. The Labute approximate surface area is 200 Å². The largest absolute Gasteiger partial charge is 0.394 e. The molecule has 1 saturated heterocycles. The van der Waals surface area contributed by atoms with Gasteiger partial charge in [0.25, 0.3) is 0 Å². The smallest absolute Gasteiger partial charge is 0.220 e. The molecule has 7 heteroatoms. The lowest BCUT2D eigenvalue weighted by molar-refractivity contribution is 0.0211. The van der Waals surface area contributed by atoms with Crippen molar-refractivity contribution in [2.75, 3.05) is 45.2 Å². The van der Waals surface area contributed by atoms with Gasteiger partial charge in [0.1, 0.15) is 6.61 Å². The van der Waals surface area contributed by atoms with Crippen LogP contribution in [0, 0.1) is 6.92 Å². The van der Waals surface area contributed by atoms with Gasteiger partial charge in [0.2, 0.25) is 5.95 Å². The fourth-order valence-corrected chi connectivity index (χ4v) is 4.97. The van der Waals surface area contributed by atoms with Crippen LogP contribution in [0.25, 0.3) is 11.1 Å². The van der Waals surface area contributed by atoms with E-state index in [-0.39, 0.29) is 5.92 Å². The van der Waals surface area contributed by atoms with Crippen LogP contribution in [-0.2, 0) is 16.0 Å². The van der Waals surface area contributed by atoms with Gasteiger partial charge in [0.05, 0.1) is 30.3 Å². The van der Waals surface area contributed by atoms with E-state index in [9.17, 15) is 0 Å². The molecule has 5 rings (SSSR count). The Morgan fingerprint density at radius 1 is 1.03 bits per heavy atom. The monoisotopic (exact) mass is 457 g/mol. The molecule has 2 heterocycles. The number of fused-ring (bicyclic) bond motifs is 1. The van der Waals surface area contributed by atoms with E-state index in [1.165, 1.54) is 16.7 Å². The average molecular weight is 458 g/mol. The third-order valence-electron chi connectivity index (χ3n) is 6.61. The number of aromatic nitrogens is 2. The Hall–Kier alpha value is -3.29. The number of ether oxygens (including phenoxy) is 1. The maximum atomic E-state index is 6.03. The number of nitrogen functional groups attached to an aromatic ring is 1. The second kappa shape index (κ2) is 10.3. The fraction of sp³-hybridized carbons (Fsp3) is 0.370. The lowest BCUT2D eigenvalue weighted by Crippen LogP contribution is -2.38. The zero-order chi connectivity index (χ0) is 23.3. The summed E-state index contributed by atoms with van der Waals surface area (Å²) in [4.78, 5) is 17.2. The first-order valence-electron chi connectivity index (χ1n) is 12.0. The van der Waals surface area contributed by atoms with Crippen molar-refractivity contribution in [1.29, 1.82) is 0 Å². The van der Waals surface area contributed by atoms with Crippen LogP contribution in [0.5, 0.6) is 0 Å². The minimum absolute atomic E-state index is 0.221. The van der Waals surface area contributed by atoms with E-state index in [4.69, 9.17) is 15.3 Å². The molecule has 0 amide bonds. The van der Waals surface area contributed by atoms with Gasteiger partial charge in [0, 0.05) is 31.6 Å². The summed E-state index contributed by atoms with van der Waals surface area (Å²) in [5, 5.41) is 4.62. The number of anilines is 1. The summed E-state index contributed by atoms with van der Waals surface area (Å²) < 4.78 is 5.42. The van der Waals surface area contributed by atoms with Gasteiger partial charge in [-0.25, -0.2) is 9.97 Å². The summed E-state index contributed by atoms with van der Waals surface area (Å²) >= 11 is 0.